The van der Waals surface area contributed by atoms with Gasteiger partial charge in [0.25, 0.3) is 0 Å². The molecule has 0 aliphatic carbocycles. The highest BCUT2D eigenvalue weighted by Crippen LogP contribution is 2.10. The molecule has 0 radical (unpaired) electrons. The summed E-state index contributed by atoms with van der Waals surface area (Å²) in [7, 11) is -2.40. The first-order chi connectivity index (χ1) is 7.86. The van der Waals surface area contributed by atoms with Gasteiger partial charge in [-0.25, -0.2) is 12.8 Å². The van der Waals surface area contributed by atoms with Crippen molar-refractivity contribution < 1.29 is 17.6 Å². The van der Waals surface area contributed by atoms with Crippen LogP contribution >= 0.6 is 0 Å². The minimum Gasteiger partial charge on any atom is -0.358 e. The summed E-state index contributed by atoms with van der Waals surface area (Å²) in [6.07, 6.45) is 0. The number of hydrogen-bond donors (Lipinski definition) is 2. The Labute approximate surface area is 99.1 Å². The average Bonchev–Trinajstić information content (AvgIpc) is 2.27. The second kappa shape index (κ2) is 5.24. The number of halogens is 1. The fourth-order valence-corrected chi connectivity index (χ4v) is 2.39. The highest BCUT2D eigenvalue weighted by molar-refractivity contribution is 7.89. The van der Waals surface area contributed by atoms with Crippen molar-refractivity contribution in [3.8, 4) is 0 Å². The van der Waals surface area contributed by atoms with Crippen molar-refractivity contribution in [3.63, 3.8) is 0 Å². The lowest BCUT2D eigenvalue weighted by molar-refractivity contribution is -0.121. The molecular weight excluding hydrogens is 247 g/mol. The molecule has 17 heavy (non-hydrogen) atoms. The highest BCUT2D eigenvalue weighted by atomic mass is 32.2. The monoisotopic (exact) mass is 260 g/mol. The second-order valence-electron chi connectivity index (χ2n) is 3.41. The third-order valence-electron chi connectivity index (χ3n) is 2.10. The number of rotatable bonds is 4. The van der Waals surface area contributed by atoms with E-state index in [4.69, 9.17) is 0 Å². The van der Waals surface area contributed by atoms with E-state index in [9.17, 15) is 17.6 Å². The van der Waals surface area contributed by atoms with Gasteiger partial charge in [0, 0.05) is 7.05 Å². The van der Waals surface area contributed by atoms with Crippen LogP contribution in [0.1, 0.15) is 6.92 Å². The van der Waals surface area contributed by atoms with E-state index >= 15 is 0 Å². The van der Waals surface area contributed by atoms with Crippen LogP contribution in [-0.4, -0.2) is 27.4 Å². The molecule has 0 spiro atoms. The highest BCUT2D eigenvalue weighted by Gasteiger charge is 2.20. The maximum atomic E-state index is 12.6. The van der Waals surface area contributed by atoms with E-state index in [0.717, 1.165) is 24.3 Å². The normalized spacial score (nSPS) is 13.1. The van der Waals surface area contributed by atoms with Crippen molar-refractivity contribution in [1.29, 1.82) is 0 Å². The van der Waals surface area contributed by atoms with Crippen LogP contribution in [0, 0.1) is 5.82 Å². The summed E-state index contributed by atoms with van der Waals surface area (Å²) in [6.45, 7) is 1.42. The Kier molecular flexibility index (Phi) is 4.19. The molecule has 1 rings (SSSR count). The molecule has 2 N–H and O–H groups in total. The average molecular weight is 260 g/mol. The van der Waals surface area contributed by atoms with E-state index in [1.54, 1.807) is 0 Å². The van der Waals surface area contributed by atoms with Gasteiger partial charge in [0.05, 0.1) is 10.9 Å². The van der Waals surface area contributed by atoms with Crippen LogP contribution in [-0.2, 0) is 14.8 Å². The van der Waals surface area contributed by atoms with E-state index < -0.39 is 27.8 Å². The summed E-state index contributed by atoms with van der Waals surface area (Å²) in [5.41, 5.74) is 0. The number of sulfonamides is 1. The molecule has 0 heterocycles. The van der Waals surface area contributed by atoms with Gasteiger partial charge in [-0.2, -0.15) is 4.72 Å². The molecule has 1 atom stereocenters. The second-order valence-corrected chi connectivity index (χ2v) is 5.13. The number of carbonyl (C=O) groups is 1. The van der Waals surface area contributed by atoms with Gasteiger partial charge < -0.3 is 5.32 Å². The first-order valence-corrected chi connectivity index (χ1v) is 6.34. The zero-order chi connectivity index (χ0) is 13.1. The SMILES string of the molecule is CNC(=O)[C@H](C)NS(=O)(=O)c1ccc(F)cc1. The van der Waals surface area contributed by atoms with Crippen LogP contribution in [0.3, 0.4) is 0 Å². The molecule has 0 unspecified atom stereocenters. The summed E-state index contributed by atoms with van der Waals surface area (Å²) < 4.78 is 38.3. The van der Waals surface area contributed by atoms with Crippen LogP contribution in [0.2, 0.25) is 0 Å². The number of nitrogens with one attached hydrogen (secondary N) is 2. The maximum absolute atomic E-state index is 12.6. The molecule has 1 aromatic carbocycles. The zero-order valence-electron chi connectivity index (χ0n) is 9.40. The van der Waals surface area contributed by atoms with E-state index in [0.29, 0.717) is 0 Å². The van der Waals surface area contributed by atoms with Crippen LogP contribution in [0.5, 0.6) is 0 Å². The molecule has 94 valence electrons. The molecule has 0 bridgehead atoms. The van der Waals surface area contributed by atoms with Gasteiger partial charge in [0.2, 0.25) is 15.9 Å². The van der Waals surface area contributed by atoms with Gasteiger partial charge in [-0.05, 0) is 31.2 Å². The Balaban J connectivity index is 2.89. The molecule has 1 amide bonds. The zero-order valence-corrected chi connectivity index (χ0v) is 10.2. The molecule has 0 fully saturated rings. The first-order valence-electron chi connectivity index (χ1n) is 4.86. The van der Waals surface area contributed by atoms with Gasteiger partial charge in [-0.15, -0.1) is 0 Å². The van der Waals surface area contributed by atoms with Gasteiger partial charge >= 0.3 is 0 Å². The topological polar surface area (TPSA) is 75.3 Å². The largest absolute Gasteiger partial charge is 0.358 e. The molecule has 0 saturated heterocycles. The van der Waals surface area contributed by atoms with Gasteiger partial charge in [-0.1, -0.05) is 0 Å². The maximum Gasteiger partial charge on any atom is 0.241 e. The van der Waals surface area contributed by atoms with Crippen LogP contribution in [0.15, 0.2) is 29.2 Å². The Bertz CT molecular complexity index is 499. The smallest absolute Gasteiger partial charge is 0.241 e. The van der Waals surface area contributed by atoms with Crippen molar-refractivity contribution in [2.24, 2.45) is 0 Å². The molecule has 5 nitrogen and oxygen atoms in total. The molecule has 0 aromatic heterocycles. The fourth-order valence-electron chi connectivity index (χ4n) is 1.18. The van der Waals surface area contributed by atoms with Gasteiger partial charge in [-0.3, -0.25) is 4.79 Å². The Morgan fingerprint density at radius 3 is 2.29 bits per heavy atom. The lowest BCUT2D eigenvalue weighted by Crippen LogP contribution is -2.43. The molecule has 0 aliphatic rings. The number of benzene rings is 1. The Hall–Kier alpha value is -1.47. The van der Waals surface area contributed by atoms with Crippen molar-refractivity contribution in [2.75, 3.05) is 7.05 Å². The molecule has 0 aliphatic heterocycles. The molecule has 0 saturated carbocycles. The number of likely N-dealkylation sites (N-methyl/N-ethyl adjacent to an activating group) is 1. The van der Waals surface area contributed by atoms with Gasteiger partial charge in [0.1, 0.15) is 5.82 Å². The van der Waals surface area contributed by atoms with Gasteiger partial charge in [0.15, 0.2) is 0 Å². The number of amides is 1. The quantitative estimate of drug-likeness (QED) is 0.814. The van der Waals surface area contributed by atoms with E-state index in [1.807, 2.05) is 0 Å². The lowest BCUT2D eigenvalue weighted by atomic mass is 10.3. The third-order valence-corrected chi connectivity index (χ3v) is 3.65. The predicted molar refractivity (Wildman–Crippen MR) is 60.3 cm³/mol. The van der Waals surface area contributed by atoms with Crippen molar-refractivity contribution in [1.82, 2.24) is 10.0 Å². The first kappa shape index (κ1) is 13.6. The summed E-state index contributed by atoms with van der Waals surface area (Å²) in [4.78, 5) is 11.1. The van der Waals surface area contributed by atoms with Crippen molar-refractivity contribution >= 4 is 15.9 Å². The summed E-state index contributed by atoms with van der Waals surface area (Å²) in [5.74, 6) is -0.973. The Morgan fingerprint density at radius 1 is 1.29 bits per heavy atom. The van der Waals surface area contributed by atoms with Crippen molar-refractivity contribution in [3.05, 3.63) is 30.1 Å². The fraction of sp³-hybridized carbons (Fsp3) is 0.300. The molecule has 7 heteroatoms. The molecular formula is C10H13FN2O3S. The summed E-state index contributed by atoms with van der Waals surface area (Å²) >= 11 is 0. The summed E-state index contributed by atoms with van der Waals surface area (Å²) in [5, 5.41) is 2.32. The number of carbonyl (C=O) groups excluding carboxylic acids is 1. The van der Waals surface area contributed by atoms with Crippen molar-refractivity contribution in [2.45, 2.75) is 17.9 Å². The lowest BCUT2D eigenvalue weighted by Gasteiger charge is -2.12. The Morgan fingerprint density at radius 2 is 1.82 bits per heavy atom. The third kappa shape index (κ3) is 3.50. The van der Waals surface area contributed by atoms with E-state index in [1.165, 1.54) is 14.0 Å². The summed E-state index contributed by atoms with van der Waals surface area (Å²) in [6, 6.07) is 3.45. The van der Waals surface area contributed by atoms with Crippen LogP contribution in [0.4, 0.5) is 4.39 Å². The van der Waals surface area contributed by atoms with Crippen LogP contribution in [0.25, 0.3) is 0 Å². The number of hydrogen-bond acceptors (Lipinski definition) is 3. The molecule has 1 aromatic rings. The minimum absolute atomic E-state index is 0.0883. The predicted octanol–water partition coefficient (Wildman–Crippen LogP) is 0.238. The van der Waals surface area contributed by atoms with E-state index in [2.05, 4.69) is 10.0 Å². The minimum atomic E-state index is -3.81. The standard InChI is InChI=1S/C10H13FN2O3S/c1-7(10(14)12-2)13-17(15,16)9-5-3-8(11)4-6-9/h3-7,13H,1-2H3,(H,12,14)/t7-/m0/s1. The van der Waals surface area contributed by atoms with Crippen LogP contribution < -0.4 is 10.0 Å². The van der Waals surface area contributed by atoms with E-state index in [-0.39, 0.29) is 4.90 Å².